The van der Waals surface area contributed by atoms with Crippen LogP contribution in [0, 0.1) is 0 Å². The van der Waals surface area contributed by atoms with Gasteiger partial charge < -0.3 is 19.7 Å². The van der Waals surface area contributed by atoms with Crippen molar-refractivity contribution in [1.82, 2.24) is 19.9 Å². The molecule has 1 aliphatic rings. The van der Waals surface area contributed by atoms with Crippen LogP contribution in [0.5, 0.6) is 0 Å². The van der Waals surface area contributed by atoms with Crippen LogP contribution in [0.1, 0.15) is 44.5 Å². The van der Waals surface area contributed by atoms with Crippen molar-refractivity contribution in [1.29, 1.82) is 0 Å². The second-order valence-corrected chi connectivity index (χ2v) is 7.98. The molecule has 1 N–H and O–H groups in total. The second kappa shape index (κ2) is 9.06. The van der Waals surface area contributed by atoms with Crippen LogP contribution >= 0.6 is 0 Å². The molecule has 0 aromatic carbocycles. The standard InChI is InChI=1S/C21H27N5O4/c1-5-29-18(27)10-14-6-7-17(22-11-14)25-19-23-12-15-8-9-26(13-16(15)24-19)20(28)30-21(2,3)4/h6-7,11-12H,5,8-10,13H2,1-4H3,(H,22,23,24,25). The van der Waals surface area contributed by atoms with E-state index in [0.29, 0.717) is 37.9 Å². The number of carbonyl (C=O) groups excluding carboxylic acids is 2. The molecular weight excluding hydrogens is 386 g/mol. The van der Waals surface area contributed by atoms with E-state index in [9.17, 15) is 9.59 Å². The number of amides is 1. The number of hydrogen-bond acceptors (Lipinski definition) is 8. The Morgan fingerprint density at radius 1 is 1.20 bits per heavy atom. The quantitative estimate of drug-likeness (QED) is 0.746. The molecule has 160 valence electrons. The van der Waals surface area contributed by atoms with E-state index in [1.807, 2.05) is 20.8 Å². The number of nitrogens with one attached hydrogen (secondary N) is 1. The van der Waals surface area contributed by atoms with Crippen LogP contribution in [0.2, 0.25) is 0 Å². The molecule has 0 atom stereocenters. The van der Waals surface area contributed by atoms with E-state index in [1.165, 1.54) is 0 Å². The minimum atomic E-state index is -0.541. The minimum absolute atomic E-state index is 0.178. The first kappa shape index (κ1) is 21.5. The number of rotatable bonds is 5. The summed E-state index contributed by atoms with van der Waals surface area (Å²) < 4.78 is 10.4. The van der Waals surface area contributed by atoms with Gasteiger partial charge in [0.1, 0.15) is 11.4 Å². The van der Waals surface area contributed by atoms with Gasteiger partial charge in [-0.15, -0.1) is 0 Å². The number of carbonyl (C=O) groups is 2. The number of hydrogen-bond donors (Lipinski definition) is 1. The molecule has 0 radical (unpaired) electrons. The molecular formula is C21H27N5O4. The summed E-state index contributed by atoms with van der Waals surface area (Å²) in [7, 11) is 0. The van der Waals surface area contributed by atoms with Gasteiger partial charge in [0.25, 0.3) is 0 Å². The van der Waals surface area contributed by atoms with Gasteiger partial charge in [-0.05, 0) is 51.3 Å². The molecule has 0 saturated heterocycles. The smallest absolute Gasteiger partial charge is 0.410 e. The van der Waals surface area contributed by atoms with Gasteiger partial charge in [-0.1, -0.05) is 6.07 Å². The first-order valence-electron chi connectivity index (χ1n) is 9.94. The summed E-state index contributed by atoms with van der Waals surface area (Å²) in [6.45, 7) is 8.60. The molecule has 3 rings (SSSR count). The van der Waals surface area contributed by atoms with Gasteiger partial charge in [-0.25, -0.2) is 19.7 Å². The van der Waals surface area contributed by atoms with Crippen molar-refractivity contribution in [3.63, 3.8) is 0 Å². The molecule has 2 aromatic heterocycles. The van der Waals surface area contributed by atoms with E-state index in [2.05, 4.69) is 20.3 Å². The van der Waals surface area contributed by atoms with Crippen molar-refractivity contribution in [2.45, 2.75) is 52.7 Å². The summed E-state index contributed by atoms with van der Waals surface area (Å²) in [5.41, 5.74) is 2.01. The molecule has 30 heavy (non-hydrogen) atoms. The number of fused-ring (bicyclic) bond motifs is 1. The molecule has 9 nitrogen and oxygen atoms in total. The predicted octanol–water partition coefficient (Wildman–Crippen LogP) is 3.01. The molecule has 2 aromatic rings. The molecule has 0 fully saturated rings. The number of anilines is 2. The Morgan fingerprint density at radius 3 is 2.67 bits per heavy atom. The van der Waals surface area contributed by atoms with Gasteiger partial charge >= 0.3 is 12.1 Å². The maximum atomic E-state index is 12.4. The Labute approximate surface area is 175 Å². The largest absolute Gasteiger partial charge is 0.466 e. The lowest BCUT2D eigenvalue weighted by molar-refractivity contribution is -0.142. The van der Waals surface area contributed by atoms with Crippen LogP contribution in [0.3, 0.4) is 0 Å². The van der Waals surface area contributed by atoms with Gasteiger partial charge in [0.05, 0.1) is 25.3 Å². The van der Waals surface area contributed by atoms with Gasteiger partial charge in [0.2, 0.25) is 5.95 Å². The van der Waals surface area contributed by atoms with E-state index in [0.717, 1.165) is 16.8 Å². The van der Waals surface area contributed by atoms with Crippen LogP contribution in [0.25, 0.3) is 0 Å². The first-order valence-corrected chi connectivity index (χ1v) is 9.94. The highest BCUT2D eigenvalue weighted by Crippen LogP contribution is 2.21. The maximum Gasteiger partial charge on any atom is 0.410 e. The molecule has 3 heterocycles. The summed E-state index contributed by atoms with van der Waals surface area (Å²) in [5.74, 6) is 0.667. The monoisotopic (exact) mass is 413 g/mol. The Morgan fingerprint density at radius 2 is 2.00 bits per heavy atom. The maximum absolute atomic E-state index is 12.4. The highest BCUT2D eigenvalue weighted by atomic mass is 16.6. The van der Waals surface area contributed by atoms with E-state index < -0.39 is 5.60 Å². The third-order valence-electron chi connectivity index (χ3n) is 4.32. The van der Waals surface area contributed by atoms with Crippen molar-refractivity contribution >= 4 is 23.8 Å². The summed E-state index contributed by atoms with van der Waals surface area (Å²) in [6, 6.07) is 3.55. The zero-order valence-electron chi connectivity index (χ0n) is 17.8. The summed E-state index contributed by atoms with van der Waals surface area (Å²) in [4.78, 5) is 38.7. The van der Waals surface area contributed by atoms with Crippen molar-refractivity contribution in [3.05, 3.63) is 41.3 Å². The van der Waals surface area contributed by atoms with Gasteiger partial charge in [0.15, 0.2) is 0 Å². The molecule has 0 spiro atoms. The normalized spacial score (nSPS) is 13.4. The molecule has 1 amide bonds. The van der Waals surface area contributed by atoms with Crippen LogP contribution in [0.15, 0.2) is 24.5 Å². The summed E-state index contributed by atoms with van der Waals surface area (Å²) in [6.07, 6.45) is 3.89. The highest BCUT2D eigenvalue weighted by Gasteiger charge is 2.26. The topological polar surface area (TPSA) is 107 Å². The number of ether oxygens (including phenoxy) is 2. The Balaban J connectivity index is 1.64. The van der Waals surface area contributed by atoms with Crippen molar-refractivity contribution in [2.75, 3.05) is 18.5 Å². The third-order valence-corrected chi connectivity index (χ3v) is 4.32. The predicted molar refractivity (Wildman–Crippen MR) is 110 cm³/mol. The van der Waals surface area contributed by atoms with E-state index in [-0.39, 0.29) is 18.5 Å². The number of nitrogens with zero attached hydrogens (tertiary/aromatic N) is 4. The fourth-order valence-electron chi connectivity index (χ4n) is 2.94. The lowest BCUT2D eigenvalue weighted by Gasteiger charge is -2.30. The van der Waals surface area contributed by atoms with Crippen LogP contribution in [0.4, 0.5) is 16.6 Å². The fourth-order valence-corrected chi connectivity index (χ4v) is 2.94. The molecule has 9 heteroatoms. The fraction of sp³-hybridized carbons (Fsp3) is 0.476. The lowest BCUT2D eigenvalue weighted by atomic mass is 10.1. The number of esters is 1. The van der Waals surface area contributed by atoms with Gasteiger partial charge in [-0.3, -0.25) is 4.79 Å². The first-order chi connectivity index (χ1) is 14.2. The zero-order valence-corrected chi connectivity index (χ0v) is 17.8. The molecule has 1 aliphatic heterocycles. The van der Waals surface area contributed by atoms with Crippen LogP contribution in [-0.4, -0.2) is 50.7 Å². The van der Waals surface area contributed by atoms with Crippen LogP contribution < -0.4 is 5.32 Å². The highest BCUT2D eigenvalue weighted by molar-refractivity contribution is 5.72. The molecule has 0 unspecified atom stereocenters. The lowest BCUT2D eigenvalue weighted by Crippen LogP contribution is -2.40. The van der Waals surface area contributed by atoms with Gasteiger partial charge in [0, 0.05) is 18.9 Å². The minimum Gasteiger partial charge on any atom is -0.466 e. The number of pyridine rings is 1. The second-order valence-electron chi connectivity index (χ2n) is 7.98. The Hall–Kier alpha value is -3.23. The molecule has 0 bridgehead atoms. The average Bonchev–Trinajstić information content (AvgIpc) is 2.68. The van der Waals surface area contributed by atoms with E-state index in [4.69, 9.17) is 9.47 Å². The summed E-state index contributed by atoms with van der Waals surface area (Å²) in [5, 5.41) is 3.06. The Kier molecular flexibility index (Phi) is 6.49. The molecule has 0 saturated carbocycles. The van der Waals surface area contributed by atoms with Gasteiger partial charge in [-0.2, -0.15) is 0 Å². The summed E-state index contributed by atoms with van der Waals surface area (Å²) >= 11 is 0. The van der Waals surface area contributed by atoms with Crippen molar-refractivity contribution in [3.8, 4) is 0 Å². The van der Waals surface area contributed by atoms with Crippen molar-refractivity contribution < 1.29 is 19.1 Å². The zero-order chi connectivity index (χ0) is 21.7. The molecule has 0 aliphatic carbocycles. The van der Waals surface area contributed by atoms with E-state index in [1.54, 1.807) is 36.4 Å². The number of aromatic nitrogens is 3. The average molecular weight is 413 g/mol. The van der Waals surface area contributed by atoms with Crippen LogP contribution in [-0.2, 0) is 33.7 Å². The third kappa shape index (κ3) is 5.88. The SMILES string of the molecule is CCOC(=O)Cc1ccc(Nc2ncc3c(n2)CN(C(=O)OC(C)(C)C)CC3)nc1. The Bertz CT molecular complexity index is 909. The van der Waals surface area contributed by atoms with E-state index >= 15 is 0 Å². The van der Waals surface area contributed by atoms with Crippen molar-refractivity contribution in [2.24, 2.45) is 0 Å².